The van der Waals surface area contributed by atoms with Crippen LogP contribution in [0.1, 0.15) is 34.7 Å². The number of hydrogen-bond acceptors (Lipinski definition) is 6. The maximum absolute atomic E-state index is 13.5. The van der Waals surface area contributed by atoms with Gasteiger partial charge in [-0.3, -0.25) is 9.59 Å². The second kappa shape index (κ2) is 8.18. The maximum Gasteiger partial charge on any atom is 0.312 e. The molecular formula is C24H23NO6. The molecule has 1 aromatic heterocycles. The van der Waals surface area contributed by atoms with Gasteiger partial charge in [0.2, 0.25) is 0 Å². The number of carbonyl (C=O) groups is 1. The molecule has 1 aliphatic rings. The Morgan fingerprint density at radius 2 is 1.84 bits per heavy atom. The van der Waals surface area contributed by atoms with Gasteiger partial charge in [0, 0.05) is 24.2 Å². The first kappa shape index (κ1) is 20.5. The molecule has 7 heteroatoms. The van der Waals surface area contributed by atoms with Crippen LogP contribution in [-0.2, 0) is 17.8 Å². The third-order valence-corrected chi connectivity index (χ3v) is 5.62. The fourth-order valence-electron chi connectivity index (χ4n) is 3.98. The number of hydrogen-bond donors (Lipinski definition) is 2. The largest absolute Gasteiger partial charge is 0.508 e. The third-order valence-electron chi connectivity index (χ3n) is 5.62. The summed E-state index contributed by atoms with van der Waals surface area (Å²) in [7, 11) is 1.46. The monoisotopic (exact) mass is 421 g/mol. The van der Waals surface area contributed by atoms with Gasteiger partial charge in [0.15, 0.2) is 11.5 Å². The highest BCUT2D eigenvalue weighted by Crippen LogP contribution is 2.39. The van der Waals surface area contributed by atoms with Gasteiger partial charge < -0.3 is 24.3 Å². The van der Waals surface area contributed by atoms with Crippen LogP contribution in [0.3, 0.4) is 0 Å². The Bertz CT molecular complexity index is 1200. The second-order valence-electron chi connectivity index (χ2n) is 7.60. The molecule has 2 heterocycles. The quantitative estimate of drug-likeness (QED) is 0.614. The van der Waals surface area contributed by atoms with E-state index in [0.717, 1.165) is 5.56 Å². The predicted molar refractivity (Wildman–Crippen MR) is 114 cm³/mol. The van der Waals surface area contributed by atoms with Crippen molar-refractivity contribution < 1.29 is 24.5 Å². The lowest BCUT2D eigenvalue weighted by molar-refractivity contribution is -0.135. The number of fused-ring (bicyclic) bond motifs is 1. The highest BCUT2D eigenvalue weighted by Gasteiger charge is 2.33. The van der Waals surface area contributed by atoms with Crippen LogP contribution in [-0.4, -0.2) is 27.9 Å². The van der Waals surface area contributed by atoms with Crippen molar-refractivity contribution in [1.82, 2.24) is 4.57 Å². The molecule has 3 aromatic rings. The van der Waals surface area contributed by atoms with Crippen LogP contribution in [0.15, 0.2) is 53.3 Å². The van der Waals surface area contributed by atoms with E-state index in [1.54, 1.807) is 41.8 Å². The molecule has 0 spiro atoms. The number of pyridine rings is 1. The zero-order valence-electron chi connectivity index (χ0n) is 17.3. The number of benzene rings is 2. The van der Waals surface area contributed by atoms with Crippen LogP contribution < -0.4 is 15.0 Å². The Balaban J connectivity index is 1.74. The number of nitrogens with zero attached hydrogens (tertiary/aromatic N) is 1. The summed E-state index contributed by atoms with van der Waals surface area (Å²) in [6, 6.07) is 13.4. The topological polar surface area (TPSA) is 98.0 Å². The molecule has 1 atom stereocenters. The van der Waals surface area contributed by atoms with Gasteiger partial charge in [0.05, 0.1) is 19.1 Å². The third kappa shape index (κ3) is 3.99. The second-order valence-corrected chi connectivity index (χ2v) is 7.60. The Morgan fingerprint density at radius 3 is 2.52 bits per heavy atom. The van der Waals surface area contributed by atoms with Crippen molar-refractivity contribution in [3.05, 3.63) is 81.3 Å². The minimum Gasteiger partial charge on any atom is -0.508 e. The number of aryl methyl sites for hydroxylation is 2. The first-order valence-corrected chi connectivity index (χ1v) is 9.97. The van der Waals surface area contributed by atoms with Crippen molar-refractivity contribution in [3.63, 3.8) is 0 Å². The summed E-state index contributed by atoms with van der Waals surface area (Å²) in [5.41, 5.74) is 2.50. The molecule has 0 saturated heterocycles. The normalized spacial score (nSPS) is 15.3. The minimum absolute atomic E-state index is 0.00896. The lowest BCUT2D eigenvalue weighted by Gasteiger charge is -2.26. The molecule has 2 N–H and O–H groups in total. The average molecular weight is 421 g/mol. The summed E-state index contributed by atoms with van der Waals surface area (Å²) in [4.78, 5) is 25.7. The number of aromatic nitrogens is 1. The predicted octanol–water partition coefficient (Wildman–Crippen LogP) is 3.26. The van der Waals surface area contributed by atoms with E-state index in [1.165, 1.54) is 13.2 Å². The smallest absolute Gasteiger partial charge is 0.312 e. The molecule has 7 nitrogen and oxygen atoms in total. The van der Waals surface area contributed by atoms with Gasteiger partial charge in [-0.15, -0.1) is 0 Å². The molecule has 0 fully saturated rings. The summed E-state index contributed by atoms with van der Waals surface area (Å²) in [5.74, 6) is -0.231. The number of methoxy groups -OCH3 is 1. The molecular weight excluding hydrogens is 398 g/mol. The number of esters is 1. The van der Waals surface area contributed by atoms with Gasteiger partial charge in [-0.2, -0.15) is 0 Å². The van der Waals surface area contributed by atoms with E-state index >= 15 is 0 Å². The van der Waals surface area contributed by atoms with Crippen LogP contribution >= 0.6 is 0 Å². The molecule has 0 aliphatic carbocycles. The van der Waals surface area contributed by atoms with Crippen LogP contribution in [0.4, 0.5) is 0 Å². The zero-order valence-corrected chi connectivity index (χ0v) is 17.3. The lowest BCUT2D eigenvalue weighted by atomic mass is 9.86. The minimum atomic E-state index is -0.527. The number of aromatic hydroxyl groups is 2. The molecule has 0 unspecified atom stereocenters. The molecule has 2 aromatic carbocycles. The highest BCUT2D eigenvalue weighted by atomic mass is 16.5. The van der Waals surface area contributed by atoms with E-state index < -0.39 is 11.9 Å². The number of ether oxygens (including phenoxy) is 2. The molecule has 160 valence electrons. The van der Waals surface area contributed by atoms with Crippen molar-refractivity contribution in [2.45, 2.75) is 32.2 Å². The molecule has 0 amide bonds. The van der Waals surface area contributed by atoms with E-state index in [4.69, 9.17) is 9.47 Å². The molecule has 0 bridgehead atoms. The lowest BCUT2D eigenvalue weighted by Crippen LogP contribution is -2.33. The van der Waals surface area contributed by atoms with Gasteiger partial charge in [-0.1, -0.05) is 18.2 Å². The summed E-state index contributed by atoms with van der Waals surface area (Å²) < 4.78 is 12.1. The number of phenols is 2. The highest BCUT2D eigenvalue weighted by molar-refractivity contribution is 5.77. The van der Waals surface area contributed by atoms with Crippen molar-refractivity contribution in [2.75, 3.05) is 7.11 Å². The van der Waals surface area contributed by atoms with E-state index in [0.29, 0.717) is 35.5 Å². The summed E-state index contributed by atoms with van der Waals surface area (Å²) >= 11 is 0. The number of rotatable bonds is 5. The Hall–Kier alpha value is -3.74. The van der Waals surface area contributed by atoms with Crippen molar-refractivity contribution in [2.24, 2.45) is 0 Å². The van der Waals surface area contributed by atoms with Crippen LogP contribution in [0.25, 0.3) is 0 Å². The fourth-order valence-corrected chi connectivity index (χ4v) is 3.98. The first-order chi connectivity index (χ1) is 14.9. The van der Waals surface area contributed by atoms with Crippen molar-refractivity contribution in [1.29, 1.82) is 0 Å². The van der Waals surface area contributed by atoms with Crippen LogP contribution in [0.2, 0.25) is 0 Å². The standard InChI is InChI=1S/C24H23NO6/c1-14-11-21-23(24(29)25(14)10-9-15-3-6-17(26)7-4-15)18(13-22(28)31-21)16-5-8-20(30-2)19(27)12-16/h3-8,11-12,18,26-27H,9-10,13H2,1-2H3/t18-/m1/s1. The van der Waals surface area contributed by atoms with Crippen molar-refractivity contribution >= 4 is 5.97 Å². The van der Waals surface area contributed by atoms with E-state index in [-0.39, 0.29) is 29.2 Å². The number of carbonyl (C=O) groups excluding carboxylic acids is 1. The van der Waals surface area contributed by atoms with Gasteiger partial charge in [0.25, 0.3) is 5.56 Å². The van der Waals surface area contributed by atoms with E-state index in [2.05, 4.69) is 0 Å². The van der Waals surface area contributed by atoms with E-state index in [1.807, 2.05) is 12.1 Å². The summed E-state index contributed by atoms with van der Waals surface area (Å²) in [5, 5.41) is 19.6. The Morgan fingerprint density at radius 1 is 1.10 bits per heavy atom. The molecule has 0 radical (unpaired) electrons. The summed E-state index contributed by atoms with van der Waals surface area (Å²) in [6.45, 7) is 2.24. The van der Waals surface area contributed by atoms with Crippen molar-refractivity contribution in [3.8, 4) is 23.0 Å². The Kier molecular flexibility index (Phi) is 5.42. The molecule has 0 saturated carbocycles. The van der Waals surface area contributed by atoms with Gasteiger partial charge in [-0.25, -0.2) is 0 Å². The van der Waals surface area contributed by atoms with Gasteiger partial charge in [0.1, 0.15) is 11.5 Å². The Labute approximate surface area is 179 Å². The average Bonchev–Trinajstić information content (AvgIpc) is 2.74. The first-order valence-electron chi connectivity index (χ1n) is 9.97. The SMILES string of the molecule is COc1ccc([C@H]2CC(=O)Oc3cc(C)n(CCc4ccc(O)cc4)c(=O)c32)cc1O. The van der Waals surface area contributed by atoms with E-state index in [9.17, 15) is 19.8 Å². The van der Waals surface area contributed by atoms with Gasteiger partial charge in [-0.05, 0) is 48.7 Å². The zero-order chi connectivity index (χ0) is 22.1. The van der Waals surface area contributed by atoms with Crippen LogP contribution in [0, 0.1) is 6.92 Å². The molecule has 31 heavy (non-hydrogen) atoms. The fraction of sp³-hybridized carbons (Fsp3) is 0.250. The molecule has 4 rings (SSSR count). The van der Waals surface area contributed by atoms with Gasteiger partial charge >= 0.3 is 5.97 Å². The number of phenolic OH excluding ortho intramolecular Hbond substituents is 2. The maximum atomic E-state index is 13.5. The summed E-state index contributed by atoms with van der Waals surface area (Å²) in [6.07, 6.45) is 0.614. The van der Waals surface area contributed by atoms with Crippen LogP contribution in [0.5, 0.6) is 23.0 Å². The molecule has 1 aliphatic heterocycles.